The van der Waals surface area contributed by atoms with E-state index in [1.165, 1.54) is 13.2 Å². The molecule has 0 aliphatic carbocycles. The molecule has 1 atom stereocenters. The predicted octanol–water partition coefficient (Wildman–Crippen LogP) is 2.07. The van der Waals surface area contributed by atoms with Gasteiger partial charge >= 0.3 is 5.97 Å². The Balaban J connectivity index is 2.07. The average molecular weight is 388 g/mol. The van der Waals surface area contributed by atoms with Crippen LogP contribution in [-0.2, 0) is 14.3 Å². The molecule has 28 heavy (non-hydrogen) atoms. The number of methoxy groups -OCH3 is 1. The lowest BCUT2D eigenvalue weighted by atomic mass is 9.92. The van der Waals surface area contributed by atoms with Gasteiger partial charge in [-0.2, -0.15) is 0 Å². The van der Waals surface area contributed by atoms with E-state index in [9.17, 15) is 14.0 Å². The summed E-state index contributed by atoms with van der Waals surface area (Å²) in [5, 5.41) is 0. The van der Waals surface area contributed by atoms with Gasteiger partial charge in [0, 0.05) is 24.8 Å². The summed E-state index contributed by atoms with van der Waals surface area (Å²) in [7, 11) is 1.40. The summed E-state index contributed by atoms with van der Waals surface area (Å²) in [5.41, 5.74) is 5.34. The molecule has 0 amide bonds. The van der Waals surface area contributed by atoms with Crippen molar-refractivity contribution < 1.29 is 18.7 Å². The van der Waals surface area contributed by atoms with Gasteiger partial charge in [-0.05, 0) is 25.5 Å². The zero-order valence-corrected chi connectivity index (χ0v) is 15.7. The number of carbonyl (C=O) groups is 1. The third kappa shape index (κ3) is 3.61. The van der Waals surface area contributed by atoms with Crippen LogP contribution in [0.15, 0.2) is 35.3 Å². The molecule has 9 heteroatoms. The minimum absolute atomic E-state index is 0.0665. The molecule has 0 bridgehead atoms. The van der Waals surface area contributed by atoms with Crippen molar-refractivity contribution in [2.24, 2.45) is 0 Å². The molecule has 3 aromatic rings. The van der Waals surface area contributed by atoms with E-state index in [-0.39, 0.29) is 23.6 Å². The second kappa shape index (κ2) is 7.43. The number of nitrogen functional groups attached to an aromatic ring is 1. The largest absolute Gasteiger partial charge is 0.463 e. The number of benzene rings is 1. The van der Waals surface area contributed by atoms with Crippen molar-refractivity contribution in [2.75, 3.05) is 19.5 Å². The molecule has 0 aliphatic heterocycles. The van der Waals surface area contributed by atoms with E-state index in [0.717, 1.165) is 0 Å². The van der Waals surface area contributed by atoms with Gasteiger partial charge < -0.3 is 20.2 Å². The molecule has 148 valence electrons. The van der Waals surface area contributed by atoms with E-state index in [0.29, 0.717) is 11.1 Å². The second-order valence-electron chi connectivity index (χ2n) is 6.81. The van der Waals surface area contributed by atoms with Crippen LogP contribution in [0.3, 0.4) is 0 Å². The Hall–Kier alpha value is -3.20. The SMILES string of the molecule is COC(C)(C)C(=O)OC[C@@H](c1ccccc1F)c1c[nH]c2c(=O)[nH]c(N)nc12. The van der Waals surface area contributed by atoms with E-state index in [4.69, 9.17) is 15.2 Å². The summed E-state index contributed by atoms with van der Waals surface area (Å²) in [6, 6.07) is 6.14. The number of aromatic amines is 2. The van der Waals surface area contributed by atoms with Crippen molar-refractivity contribution in [3.8, 4) is 0 Å². The summed E-state index contributed by atoms with van der Waals surface area (Å²) in [5.74, 6) is -1.84. The van der Waals surface area contributed by atoms with Gasteiger partial charge in [-0.25, -0.2) is 14.2 Å². The van der Waals surface area contributed by atoms with Crippen LogP contribution in [0.1, 0.15) is 30.9 Å². The highest BCUT2D eigenvalue weighted by atomic mass is 19.1. The highest BCUT2D eigenvalue weighted by Crippen LogP contribution is 2.31. The van der Waals surface area contributed by atoms with Gasteiger partial charge in [0.05, 0.1) is 0 Å². The fourth-order valence-corrected chi connectivity index (χ4v) is 2.84. The normalized spacial score (nSPS) is 12.9. The zero-order chi connectivity index (χ0) is 20.5. The van der Waals surface area contributed by atoms with Crippen molar-refractivity contribution in [3.63, 3.8) is 0 Å². The second-order valence-corrected chi connectivity index (χ2v) is 6.81. The lowest BCUT2D eigenvalue weighted by molar-refractivity contribution is -0.165. The number of hydrogen-bond acceptors (Lipinski definition) is 6. The number of carbonyl (C=O) groups excluding carboxylic acids is 1. The predicted molar refractivity (Wildman–Crippen MR) is 101 cm³/mol. The maximum absolute atomic E-state index is 14.5. The Labute approximate surface area is 159 Å². The van der Waals surface area contributed by atoms with Gasteiger partial charge in [-0.3, -0.25) is 9.78 Å². The van der Waals surface area contributed by atoms with Crippen molar-refractivity contribution in [2.45, 2.75) is 25.4 Å². The molecule has 2 heterocycles. The maximum atomic E-state index is 14.5. The average Bonchev–Trinajstić information content (AvgIpc) is 3.07. The fraction of sp³-hybridized carbons (Fsp3) is 0.316. The third-order valence-electron chi connectivity index (χ3n) is 4.62. The molecule has 0 fully saturated rings. The highest BCUT2D eigenvalue weighted by molar-refractivity contribution is 5.81. The number of halogens is 1. The van der Waals surface area contributed by atoms with Crippen LogP contribution >= 0.6 is 0 Å². The van der Waals surface area contributed by atoms with Crippen molar-refractivity contribution >= 4 is 23.0 Å². The summed E-state index contributed by atoms with van der Waals surface area (Å²) in [4.78, 5) is 33.8. The molecule has 0 spiro atoms. The Kier molecular flexibility index (Phi) is 5.19. The van der Waals surface area contributed by atoms with Gasteiger partial charge in [-0.15, -0.1) is 0 Å². The Morgan fingerprint density at radius 2 is 2.04 bits per heavy atom. The topological polar surface area (TPSA) is 123 Å². The van der Waals surface area contributed by atoms with E-state index < -0.39 is 28.9 Å². The van der Waals surface area contributed by atoms with Crippen LogP contribution in [0.2, 0.25) is 0 Å². The zero-order valence-electron chi connectivity index (χ0n) is 15.7. The third-order valence-corrected chi connectivity index (χ3v) is 4.62. The molecule has 0 saturated carbocycles. The monoisotopic (exact) mass is 388 g/mol. The first-order valence-corrected chi connectivity index (χ1v) is 8.58. The number of nitrogens with two attached hydrogens (primary N) is 1. The Morgan fingerprint density at radius 3 is 2.71 bits per heavy atom. The highest BCUT2D eigenvalue weighted by Gasteiger charge is 2.31. The molecule has 0 unspecified atom stereocenters. The number of nitrogens with zero attached hydrogens (tertiary/aromatic N) is 1. The smallest absolute Gasteiger partial charge is 0.337 e. The number of ether oxygens (including phenoxy) is 2. The molecule has 3 rings (SSSR count). The van der Waals surface area contributed by atoms with E-state index in [1.54, 1.807) is 38.2 Å². The molecule has 0 aliphatic rings. The standard InChI is InChI=1S/C19H21FN4O4/c1-19(2,27-3)17(26)28-9-12(10-6-4-5-7-13(10)20)11-8-22-15-14(11)23-18(21)24-16(15)25/h4-8,12,22H,9H2,1-3H3,(H3,21,23,24,25)/t12-/m0/s1. The van der Waals surface area contributed by atoms with Gasteiger partial charge in [0.1, 0.15) is 23.5 Å². The number of aromatic nitrogens is 3. The minimum atomic E-state index is -1.15. The minimum Gasteiger partial charge on any atom is -0.463 e. The quantitative estimate of drug-likeness (QED) is 0.556. The van der Waals surface area contributed by atoms with E-state index in [2.05, 4.69) is 15.0 Å². The van der Waals surface area contributed by atoms with Crippen molar-refractivity contribution in [3.05, 3.63) is 57.8 Å². The van der Waals surface area contributed by atoms with Crippen LogP contribution in [0, 0.1) is 5.82 Å². The Morgan fingerprint density at radius 1 is 1.32 bits per heavy atom. The molecule has 0 radical (unpaired) electrons. The lowest BCUT2D eigenvalue weighted by Gasteiger charge is -2.23. The number of anilines is 1. The van der Waals surface area contributed by atoms with Gasteiger partial charge in [0.2, 0.25) is 5.95 Å². The molecule has 0 saturated heterocycles. The van der Waals surface area contributed by atoms with Crippen molar-refractivity contribution in [1.29, 1.82) is 0 Å². The number of H-pyrrole nitrogens is 2. The summed E-state index contributed by atoms with van der Waals surface area (Å²) in [6.45, 7) is 2.97. The Bertz CT molecular complexity index is 1070. The number of hydrogen-bond donors (Lipinski definition) is 3. The van der Waals surface area contributed by atoms with Gasteiger partial charge in [0.15, 0.2) is 5.60 Å². The number of nitrogens with one attached hydrogen (secondary N) is 2. The maximum Gasteiger partial charge on any atom is 0.337 e. The fourth-order valence-electron chi connectivity index (χ4n) is 2.84. The molecular weight excluding hydrogens is 367 g/mol. The van der Waals surface area contributed by atoms with Gasteiger partial charge in [0.25, 0.3) is 5.56 Å². The van der Waals surface area contributed by atoms with Crippen LogP contribution in [0.5, 0.6) is 0 Å². The summed E-state index contributed by atoms with van der Waals surface area (Å²) >= 11 is 0. The number of esters is 1. The molecular formula is C19H21FN4O4. The van der Waals surface area contributed by atoms with Crippen LogP contribution in [0.25, 0.3) is 11.0 Å². The van der Waals surface area contributed by atoms with Gasteiger partial charge in [-0.1, -0.05) is 18.2 Å². The molecule has 1 aromatic carbocycles. The molecule has 2 aromatic heterocycles. The van der Waals surface area contributed by atoms with Crippen molar-refractivity contribution in [1.82, 2.24) is 15.0 Å². The summed E-state index contributed by atoms with van der Waals surface area (Å²) < 4.78 is 25.1. The van der Waals surface area contributed by atoms with Crippen LogP contribution < -0.4 is 11.3 Å². The summed E-state index contributed by atoms with van der Waals surface area (Å²) in [6.07, 6.45) is 1.54. The molecule has 8 nitrogen and oxygen atoms in total. The lowest BCUT2D eigenvalue weighted by Crippen LogP contribution is -2.36. The number of fused-ring (bicyclic) bond motifs is 1. The van der Waals surface area contributed by atoms with E-state index >= 15 is 0 Å². The van der Waals surface area contributed by atoms with Crippen LogP contribution in [-0.4, -0.2) is 40.2 Å². The number of rotatable bonds is 6. The first-order valence-electron chi connectivity index (χ1n) is 8.58. The van der Waals surface area contributed by atoms with E-state index in [1.807, 2.05) is 0 Å². The molecule has 4 N–H and O–H groups in total. The van der Waals surface area contributed by atoms with Crippen LogP contribution in [0.4, 0.5) is 10.3 Å². The first kappa shape index (κ1) is 19.6. The first-order chi connectivity index (χ1) is 13.2.